The summed E-state index contributed by atoms with van der Waals surface area (Å²) < 4.78 is 23.6. The van der Waals surface area contributed by atoms with Crippen molar-refractivity contribution >= 4 is 10.0 Å². The molecule has 9 heavy (non-hydrogen) atoms. The lowest BCUT2D eigenvalue weighted by Gasteiger charge is -1.94. The van der Waals surface area contributed by atoms with Gasteiger partial charge in [0.1, 0.15) is 0 Å². The highest BCUT2D eigenvalue weighted by Gasteiger charge is 2.03. The third-order valence-electron chi connectivity index (χ3n) is 0.907. The van der Waals surface area contributed by atoms with Crippen molar-refractivity contribution in [3.05, 3.63) is 24.4 Å². The van der Waals surface area contributed by atoms with Crippen molar-refractivity contribution in [2.45, 2.75) is 0 Å². The van der Waals surface area contributed by atoms with Crippen LogP contribution in [0.2, 0.25) is 0 Å². The highest BCUT2D eigenvalue weighted by atomic mass is 32.2. The molecular weight excluding hydrogens is 138 g/mol. The Morgan fingerprint density at radius 2 is 2.11 bits per heavy atom. The van der Waals surface area contributed by atoms with Crippen LogP contribution in [0.3, 0.4) is 0 Å². The number of hydrogen-bond donors (Lipinski definition) is 1. The minimum absolute atomic E-state index is 0.0694. The van der Waals surface area contributed by atoms with Crippen molar-refractivity contribution in [2.75, 3.05) is 5.75 Å². The van der Waals surface area contributed by atoms with E-state index in [0.29, 0.717) is 0 Å². The first-order valence-corrected chi connectivity index (χ1v) is 4.18. The lowest BCUT2D eigenvalue weighted by molar-refractivity contribution is 0.594. The summed E-state index contributed by atoms with van der Waals surface area (Å²) in [6.07, 6.45) is 6.33. The first kappa shape index (κ1) is 6.35. The number of rotatable bonds is 0. The van der Waals surface area contributed by atoms with Gasteiger partial charge in [0.2, 0.25) is 10.0 Å². The number of hydrogen-bond acceptors (Lipinski definition) is 2. The van der Waals surface area contributed by atoms with Gasteiger partial charge in [0, 0.05) is 6.20 Å². The Hall–Kier alpha value is -0.770. The van der Waals surface area contributed by atoms with E-state index in [9.17, 15) is 8.42 Å². The molecule has 4 heteroatoms. The average molecular weight is 145 g/mol. The first-order valence-electron chi connectivity index (χ1n) is 2.52. The zero-order chi connectivity index (χ0) is 6.74. The van der Waals surface area contributed by atoms with E-state index < -0.39 is 10.0 Å². The number of allylic oxidation sites excluding steroid dienone is 2. The fourth-order valence-corrected chi connectivity index (χ4v) is 1.25. The fourth-order valence-electron chi connectivity index (χ4n) is 0.507. The van der Waals surface area contributed by atoms with Crippen LogP contribution in [-0.2, 0) is 10.0 Å². The van der Waals surface area contributed by atoms with Gasteiger partial charge in [-0.25, -0.2) is 8.42 Å². The molecule has 0 aromatic heterocycles. The molecule has 1 rings (SSSR count). The van der Waals surface area contributed by atoms with Gasteiger partial charge in [-0.1, -0.05) is 12.2 Å². The molecule has 1 aliphatic heterocycles. The summed E-state index contributed by atoms with van der Waals surface area (Å²) in [5.41, 5.74) is 0. The highest BCUT2D eigenvalue weighted by molar-refractivity contribution is 7.89. The van der Waals surface area contributed by atoms with Crippen LogP contribution in [0.25, 0.3) is 0 Å². The molecule has 0 bridgehead atoms. The second kappa shape index (κ2) is 2.23. The van der Waals surface area contributed by atoms with Crippen molar-refractivity contribution in [3.8, 4) is 0 Å². The van der Waals surface area contributed by atoms with Gasteiger partial charge in [-0.3, -0.25) is 4.72 Å². The summed E-state index contributed by atoms with van der Waals surface area (Å²) >= 11 is 0. The van der Waals surface area contributed by atoms with Gasteiger partial charge in [-0.15, -0.1) is 0 Å². The topological polar surface area (TPSA) is 46.2 Å². The van der Waals surface area contributed by atoms with Crippen LogP contribution in [0.1, 0.15) is 0 Å². The Morgan fingerprint density at radius 1 is 1.33 bits per heavy atom. The largest absolute Gasteiger partial charge is 0.290 e. The summed E-state index contributed by atoms with van der Waals surface area (Å²) in [5.74, 6) is 0.0694. The zero-order valence-electron chi connectivity index (χ0n) is 4.74. The summed E-state index contributed by atoms with van der Waals surface area (Å²) in [5, 5.41) is 0. The second-order valence-electron chi connectivity index (χ2n) is 1.69. The highest BCUT2D eigenvalue weighted by Crippen LogP contribution is 1.90. The molecule has 50 valence electrons. The predicted molar refractivity (Wildman–Crippen MR) is 35.2 cm³/mol. The zero-order valence-corrected chi connectivity index (χ0v) is 5.56. The lowest BCUT2D eigenvalue weighted by Crippen LogP contribution is -2.18. The summed E-state index contributed by atoms with van der Waals surface area (Å²) in [6.45, 7) is 0. The first-order chi connectivity index (χ1) is 4.21. The minimum atomic E-state index is -3.04. The Kier molecular flexibility index (Phi) is 1.57. The molecule has 0 radical (unpaired) electrons. The van der Waals surface area contributed by atoms with Crippen molar-refractivity contribution < 1.29 is 8.42 Å². The van der Waals surface area contributed by atoms with Gasteiger partial charge in [-0.05, 0) is 6.08 Å². The Labute approximate surface area is 54.1 Å². The Morgan fingerprint density at radius 3 is 2.89 bits per heavy atom. The normalized spacial score (nSPS) is 22.7. The average Bonchev–Trinajstić information content (AvgIpc) is 1.92. The maximum Gasteiger partial charge on any atom is 0.235 e. The summed E-state index contributed by atoms with van der Waals surface area (Å²) in [6, 6.07) is 0. The number of sulfonamides is 1. The lowest BCUT2D eigenvalue weighted by atomic mass is 10.5. The van der Waals surface area contributed by atoms with Crippen LogP contribution in [0.4, 0.5) is 0 Å². The molecule has 0 saturated heterocycles. The van der Waals surface area contributed by atoms with E-state index in [1.54, 1.807) is 18.2 Å². The van der Waals surface area contributed by atoms with Crippen LogP contribution in [-0.4, -0.2) is 14.2 Å². The molecule has 0 saturated carbocycles. The van der Waals surface area contributed by atoms with Gasteiger partial charge < -0.3 is 0 Å². The van der Waals surface area contributed by atoms with E-state index in [2.05, 4.69) is 4.72 Å². The predicted octanol–water partition coefficient (Wildman–Crippen LogP) is -0.0107. The molecule has 0 unspecified atom stereocenters. The van der Waals surface area contributed by atoms with E-state index in [1.807, 2.05) is 0 Å². The maximum absolute atomic E-state index is 10.7. The smallest absolute Gasteiger partial charge is 0.235 e. The van der Waals surface area contributed by atoms with E-state index in [1.165, 1.54) is 6.20 Å². The van der Waals surface area contributed by atoms with Gasteiger partial charge in [0.25, 0.3) is 0 Å². The van der Waals surface area contributed by atoms with Crippen LogP contribution < -0.4 is 4.72 Å². The molecule has 0 spiro atoms. The SMILES string of the molecule is O=S1(=O)CC=CC=CN1. The Bertz CT molecular complexity index is 218. The Balaban J connectivity index is 2.86. The van der Waals surface area contributed by atoms with E-state index >= 15 is 0 Å². The van der Waals surface area contributed by atoms with Gasteiger partial charge in [-0.2, -0.15) is 0 Å². The molecule has 0 amide bonds. The van der Waals surface area contributed by atoms with E-state index in [0.717, 1.165) is 0 Å². The third-order valence-corrected chi connectivity index (χ3v) is 2.03. The van der Waals surface area contributed by atoms with E-state index in [-0.39, 0.29) is 5.75 Å². The molecule has 1 aliphatic rings. The van der Waals surface area contributed by atoms with E-state index in [4.69, 9.17) is 0 Å². The van der Waals surface area contributed by atoms with Crippen LogP contribution >= 0.6 is 0 Å². The molecule has 0 aromatic carbocycles. The monoisotopic (exact) mass is 145 g/mol. The maximum atomic E-state index is 10.7. The molecule has 0 fully saturated rings. The quantitative estimate of drug-likeness (QED) is 0.521. The van der Waals surface area contributed by atoms with Crippen molar-refractivity contribution in [1.29, 1.82) is 0 Å². The van der Waals surface area contributed by atoms with Gasteiger partial charge in [0.05, 0.1) is 5.75 Å². The molecule has 0 atom stereocenters. The molecule has 1 heterocycles. The molecule has 1 N–H and O–H groups in total. The molecular formula is C5H7NO2S. The van der Waals surface area contributed by atoms with Crippen LogP contribution in [0.5, 0.6) is 0 Å². The second-order valence-corrected chi connectivity index (χ2v) is 3.49. The fraction of sp³-hybridized carbons (Fsp3) is 0.200. The van der Waals surface area contributed by atoms with Crippen LogP contribution in [0, 0.1) is 0 Å². The van der Waals surface area contributed by atoms with Crippen molar-refractivity contribution in [2.24, 2.45) is 0 Å². The molecule has 3 nitrogen and oxygen atoms in total. The minimum Gasteiger partial charge on any atom is -0.290 e. The van der Waals surface area contributed by atoms with Crippen molar-refractivity contribution in [3.63, 3.8) is 0 Å². The molecule has 0 aliphatic carbocycles. The number of nitrogens with one attached hydrogen (secondary N) is 1. The standard InChI is InChI=1S/C5H7NO2S/c7-9(8)5-3-1-2-4-6-9/h1-4,6H,5H2. The molecule has 0 aromatic rings. The van der Waals surface area contributed by atoms with Crippen LogP contribution in [0.15, 0.2) is 24.4 Å². The third kappa shape index (κ3) is 1.89. The van der Waals surface area contributed by atoms with Crippen molar-refractivity contribution in [1.82, 2.24) is 4.72 Å². The van der Waals surface area contributed by atoms with Gasteiger partial charge >= 0.3 is 0 Å². The van der Waals surface area contributed by atoms with Gasteiger partial charge in [0.15, 0.2) is 0 Å². The summed E-state index contributed by atoms with van der Waals surface area (Å²) in [7, 11) is -3.04. The summed E-state index contributed by atoms with van der Waals surface area (Å²) in [4.78, 5) is 0.